The van der Waals surface area contributed by atoms with Crippen molar-refractivity contribution in [1.82, 2.24) is 161 Å². The van der Waals surface area contributed by atoms with Gasteiger partial charge in [0.1, 0.15) is 17.4 Å². The number of thioether (sulfide) groups is 1. The van der Waals surface area contributed by atoms with E-state index >= 15 is 0 Å². The zero-order valence-electron chi connectivity index (χ0n) is 67.2. The van der Waals surface area contributed by atoms with E-state index in [1.807, 2.05) is 273 Å². The molecule has 0 atom stereocenters. The highest BCUT2D eigenvalue weighted by molar-refractivity contribution is 8.01. The highest BCUT2D eigenvalue weighted by Gasteiger charge is 2.21. The lowest BCUT2D eigenvalue weighted by molar-refractivity contribution is 0.400. The van der Waals surface area contributed by atoms with Crippen LogP contribution in [0.1, 0.15) is 18.4 Å². The van der Waals surface area contributed by atoms with Crippen molar-refractivity contribution in [2.24, 2.45) is 42.3 Å². The summed E-state index contributed by atoms with van der Waals surface area (Å²) < 4.78 is 28.4. The quantitative estimate of drug-likeness (QED) is 0.0469. The summed E-state index contributed by atoms with van der Waals surface area (Å²) in [6.45, 7) is 5.88. The highest BCUT2D eigenvalue weighted by atomic mass is 32.2. The van der Waals surface area contributed by atoms with E-state index in [-0.39, 0.29) is 0 Å². The summed E-state index contributed by atoms with van der Waals surface area (Å²) in [6, 6.07) is 25.7. The van der Waals surface area contributed by atoms with Crippen LogP contribution in [-0.2, 0) is 42.3 Å². The van der Waals surface area contributed by atoms with Crippen molar-refractivity contribution in [3.63, 3.8) is 0 Å². The maximum absolute atomic E-state index is 5.05. The number of nitrogens with one attached hydrogen (secondary N) is 5. The second-order valence-corrected chi connectivity index (χ2v) is 30.8. The van der Waals surface area contributed by atoms with Crippen molar-refractivity contribution >= 4 is 119 Å². The lowest BCUT2D eigenvalue weighted by Gasteiger charge is -2.10. The molecule has 2 aromatic carbocycles. The van der Waals surface area contributed by atoms with Gasteiger partial charge < -0.3 is 31.1 Å². The van der Waals surface area contributed by atoms with E-state index in [4.69, 9.17) is 4.52 Å². The molecule has 0 radical (unpaired) electrons. The van der Waals surface area contributed by atoms with Gasteiger partial charge in [0.2, 0.25) is 5.13 Å². The van der Waals surface area contributed by atoms with Gasteiger partial charge in [0.15, 0.2) is 72.6 Å². The summed E-state index contributed by atoms with van der Waals surface area (Å²) in [4.78, 5) is 49.3. The van der Waals surface area contributed by atoms with E-state index in [1.54, 1.807) is 107 Å². The van der Waals surface area contributed by atoms with Crippen LogP contribution in [-0.4, -0.2) is 166 Å². The maximum atomic E-state index is 5.05. The zero-order valence-corrected chi connectivity index (χ0v) is 69.6. The van der Waals surface area contributed by atoms with Gasteiger partial charge in [-0.05, 0) is 31.7 Å². The Morgan fingerprint density at radius 2 is 0.805 bits per heavy atom. The third-order valence-corrected chi connectivity index (χ3v) is 21.5. The number of imidazole rings is 5. The molecule has 22 rings (SSSR count). The monoisotopic (exact) mass is 1690 g/mol. The first-order valence-electron chi connectivity index (χ1n) is 38.0. The molecule has 612 valence electrons. The molecule has 0 aliphatic rings. The van der Waals surface area contributed by atoms with E-state index < -0.39 is 0 Å². The van der Waals surface area contributed by atoms with Crippen molar-refractivity contribution in [3.05, 3.63) is 257 Å². The van der Waals surface area contributed by atoms with Gasteiger partial charge in [-0.15, -0.1) is 21.5 Å². The lowest BCUT2D eigenvalue weighted by atomic mass is 10.2. The number of rotatable bonds is 19. The van der Waals surface area contributed by atoms with Crippen LogP contribution in [0.15, 0.2) is 254 Å². The fourth-order valence-electron chi connectivity index (χ4n) is 13.3. The Hall–Kier alpha value is -16.2. The average molecular weight is 1690 g/mol. The minimum absolute atomic E-state index is 0.601. The molecular weight excluding hydrogens is 1620 g/mol. The van der Waals surface area contributed by atoms with Crippen LogP contribution in [0.4, 0.5) is 56.8 Å². The van der Waals surface area contributed by atoms with Crippen molar-refractivity contribution < 1.29 is 4.52 Å². The molecule has 0 aliphatic heterocycles. The first kappa shape index (κ1) is 78.0. The van der Waals surface area contributed by atoms with Crippen molar-refractivity contribution in [2.45, 2.75) is 25.1 Å². The van der Waals surface area contributed by atoms with Crippen LogP contribution in [0.3, 0.4) is 0 Å². The van der Waals surface area contributed by atoms with Gasteiger partial charge in [0, 0.05) is 192 Å². The van der Waals surface area contributed by atoms with E-state index in [9.17, 15) is 0 Å². The van der Waals surface area contributed by atoms with E-state index in [0.29, 0.717) is 45.7 Å². The van der Waals surface area contributed by atoms with Gasteiger partial charge in [0.25, 0.3) is 0 Å². The van der Waals surface area contributed by atoms with Gasteiger partial charge in [0.05, 0.1) is 114 Å². The highest BCUT2D eigenvalue weighted by Crippen LogP contribution is 2.34. The second kappa shape index (κ2) is 34.4. The summed E-state index contributed by atoms with van der Waals surface area (Å²) >= 11 is 4.72. The molecule has 20 heterocycles. The second-order valence-electron chi connectivity index (χ2n) is 27.5. The van der Waals surface area contributed by atoms with Gasteiger partial charge in [-0.25, -0.2) is 59.5 Å². The predicted molar refractivity (Wildman–Crippen MR) is 469 cm³/mol. The fourth-order valence-corrected chi connectivity index (χ4v) is 15.6. The third-order valence-electron chi connectivity index (χ3n) is 18.9. The van der Waals surface area contributed by atoms with Gasteiger partial charge >= 0.3 is 0 Å². The summed E-state index contributed by atoms with van der Waals surface area (Å²) in [5.74, 6) is 7.26. The number of thiazole rings is 1. The average Bonchev–Trinajstić information content (AvgIpc) is 1.65. The molecule has 0 unspecified atom stereocenters. The molecule has 0 bridgehead atoms. The number of aromatic nitrogens is 33. The Bertz CT molecular complexity index is 7370. The van der Waals surface area contributed by atoms with Crippen LogP contribution in [0, 0.1) is 13.8 Å². The molecule has 0 fully saturated rings. The molecule has 0 spiro atoms. The van der Waals surface area contributed by atoms with Crippen molar-refractivity contribution in [2.75, 3.05) is 32.3 Å². The topological polar surface area (TPSA) is 401 Å². The molecule has 0 amide bonds. The Morgan fingerprint density at radius 1 is 0.398 bits per heavy atom. The van der Waals surface area contributed by atoms with Crippen LogP contribution in [0.2, 0.25) is 0 Å². The van der Waals surface area contributed by atoms with Gasteiger partial charge in [-0.2, -0.15) is 35.7 Å². The smallest absolute Gasteiger partial charge is 0.212 e. The predicted octanol–water partition coefficient (Wildman–Crippen LogP) is 14.0. The minimum atomic E-state index is 0.601. The van der Waals surface area contributed by atoms with Crippen molar-refractivity contribution in [3.8, 4) is 73.2 Å². The number of para-hydroxylation sites is 1. The molecule has 5 N–H and O–H groups in total. The molecular formula is C81H74N38OS3. The number of hydrogen-bond donors (Lipinski definition) is 5. The number of anilines is 10. The van der Waals surface area contributed by atoms with E-state index in [1.165, 1.54) is 11.3 Å². The molecule has 0 saturated heterocycles. The number of benzene rings is 2. The molecule has 42 heteroatoms. The van der Waals surface area contributed by atoms with Crippen molar-refractivity contribution in [1.29, 1.82) is 0 Å². The molecule has 22 aromatic rings. The maximum Gasteiger partial charge on any atom is 0.212 e. The first-order chi connectivity index (χ1) is 60.1. The lowest BCUT2D eigenvalue weighted by Crippen LogP contribution is -2.04. The third kappa shape index (κ3) is 16.9. The minimum Gasteiger partial charge on any atom is -0.360 e. The molecule has 39 nitrogen and oxygen atoms in total. The Morgan fingerprint density at radius 3 is 1.20 bits per heavy atom. The molecule has 0 saturated carbocycles. The Balaban J connectivity index is 0.000000105. The van der Waals surface area contributed by atoms with Gasteiger partial charge in [-0.1, -0.05) is 83.7 Å². The van der Waals surface area contributed by atoms with E-state index in [2.05, 4.69) is 139 Å². The summed E-state index contributed by atoms with van der Waals surface area (Å²) in [6.07, 6.45) is 47.8. The fraction of sp³-hybridized carbons (Fsp3) is 0.123. The number of fused-ring (bicyclic) bond motifs is 5. The summed E-state index contributed by atoms with van der Waals surface area (Å²) in [5, 5.41) is 61.8. The SMILES string of the molecule is CCSc1nnc(Nc2nccn3c(-c4cnn(C)c4)cnc23)s1.Cc1cc(Nc2nccn3c(-c4cnn(C)c4)cnc23)n(C)n1.Cc1cc(Nc2nccn3c(-c4cnn(C)c4)cnc23)no1.Cn1cc(-c2cnc3c(Nc4ccnn4-c4ccccc4)nccn23)cn1.Cn1cc(-c2cnc3c(Nc4nc(-c5ccccc5)cs4)nccn23)cn1. The molecule has 20 aromatic heterocycles. The standard InChI is InChI=1S/C19H16N8.C19H15N7S.C15H16N8.C14H14N8S2.C14H13N7O/c1-25-13-14(11-23-25)16-12-21-19-18(20-9-10-26(16)19)24-17-7-8-22-27(17)15-5-3-2-4-6-15;1-25-11-14(9-22-25)16-10-21-18-17(20-7-8-26(16)18)24-19-23-15(12-27-19)13-5-3-2-4-6-13;1-10-6-13(22(3)20-10)19-14-15-17-8-12(23(15)5-4-16-14)11-7-18-21(2)9-11;1-3-23-14-20-19-13(24-14)18-11-12-16-7-10(22(12)5-4-15-11)9-6-17-21(2)8-9;1-9-5-12(19-22-9)18-13-14-16-7-11(21(14)4-3-15-13)10-6-17-20(2)8-10/h2-13H,1H3,(H,20,24);2-12H,1H3,(H,20,23,24);4-9H,1-3H3,(H,16,19);4-8H,3H2,1-2H3,(H,15,18,19);3-8H,1-2H3,(H,15,18,19). The first-order valence-corrected chi connectivity index (χ1v) is 40.7. The van der Waals surface area contributed by atoms with E-state index in [0.717, 1.165) is 134 Å². The van der Waals surface area contributed by atoms with Crippen LogP contribution < -0.4 is 26.6 Å². The summed E-state index contributed by atoms with van der Waals surface area (Å²) in [5.41, 5.74) is 17.4. The van der Waals surface area contributed by atoms with Crippen LogP contribution in [0.5, 0.6) is 0 Å². The van der Waals surface area contributed by atoms with Gasteiger partial charge in [-0.3, -0.25) is 50.1 Å². The summed E-state index contributed by atoms with van der Waals surface area (Å²) in [7, 11) is 11.4. The largest absolute Gasteiger partial charge is 0.360 e. The Kier molecular flexibility index (Phi) is 21.8. The molecule has 123 heavy (non-hydrogen) atoms. The van der Waals surface area contributed by atoms with Crippen LogP contribution in [0.25, 0.3) is 101 Å². The number of nitrogens with zero attached hydrogens (tertiary/aromatic N) is 33. The molecule has 0 aliphatic carbocycles. The Labute approximate surface area is 710 Å². The zero-order chi connectivity index (χ0) is 84.0. The number of aryl methyl sites for hydroxylation is 8. The number of hydrogen-bond acceptors (Lipinski definition) is 30. The normalized spacial score (nSPS) is 11.2. The van der Waals surface area contributed by atoms with Crippen LogP contribution >= 0.6 is 34.4 Å².